The lowest BCUT2D eigenvalue weighted by Crippen LogP contribution is -2.02. The van der Waals surface area contributed by atoms with E-state index in [1.165, 1.54) is 79.4 Å². The Morgan fingerprint density at radius 1 is 0.839 bits per heavy atom. The summed E-state index contributed by atoms with van der Waals surface area (Å²) in [6, 6.07) is 4.40. The molecule has 0 aliphatic rings. The molecule has 0 radical (unpaired) electrons. The molecule has 2 aromatic rings. The molecule has 0 aliphatic carbocycles. The molecule has 0 aliphatic heterocycles. The van der Waals surface area contributed by atoms with Gasteiger partial charge in [-0.3, -0.25) is 9.59 Å². The molecule has 0 atom stereocenters. The van der Waals surface area contributed by atoms with Crippen LogP contribution in [0, 0.1) is 0 Å². The molecule has 0 amide bonds. The van der Waals surface area contributed by atoms with Crippen molar-refractivity contribution in [2.45, 2.75) is 97.3 Å². The molecule has 2 heterocycles. The van der Waals surface area contributed by atoms with Crippen LogP contribution in [0.4, 0.5) is 0 Å². The molecule has 0 aromatic carbocycles. The third-order valence-corrected chi connectivity index (χ3v) is 7.99. The lowest BCUT2D eigenvalue weighted by molar-refractivity contribution is -0.140. The molecule has 2 aromatic heterocycles. The van der Waals surface area contributed by atoms with Crippen molar-refractivity contribution in [3.8, 4) is 9.75 Å². The molecule has 0 spiro atoms. The average molecular weight is 463 g/mol. The fraction of sp³-hybridized carbons (Fsp3) is 0.615. The van der Waals surface area contributed by atoms with Gasteiger partial charge in [0, 0.05) is 22.6 Å². The van der Waals surface area contributed by atoms with Crippen molar-refractivity contribution in [1.82, 2.24) is 0 Å². The maximum absolute atomic E-state index is 12.8. The number of rotatable bonds is 16. The van der Waals surface area contributed by atoms with Crippen molar-refractivity contribution in [2.24, 2.45) is 0 Å². The summed E-state index contributed by atoms with van der Waals surface area (Å²) < 4.78 is 4.69. The molecule has 0 saturated heterocycles. The van der Waals surface area contributed by atoms with Crippen LogP contribution < -0.4 is 0 Å². The Balaban J connectivity index is 2.15. The van der Waals surface area contributed by atoms with E-state index in [9.17, 15) is 9.59 Å². The minimum absolute atomic E-state index is 0.149. The van der Waals surface area contributed by atoms with E-state index in [2.05, 4.69) is 36.1 Å². The molecule has 31 heavy (non-hydrogen) atoms. The number of hydrogen-bond donors (Lipinski definition) is 0. The summed E-state index contributed by atoms with van der Waals surface area (Å²) in [6.45, 7) is 4.48. The van der Waals surface area contributed by atoms with Crippen LogP contribution in [-0.2, 0) is 22.4 Å². The van der Waals surface area contributed by atoms with Crippen LogP contribution in [0.25, 0.3) is 9.75 Å². The number of carbonyl (C=O) groups is 2. The first-order valence-corrected chi connectivity index (χ1v) is 13.6. The number of aryl methyl sites for hydroxylation is 2. The van der Waals surface area contributed by atoms with E-state index in [0.717, 1.165) is 17.7 Å². The maximum atomic E-state index is 12.8. The van der Waals surface area contributed by atoms with Gasteiger partial charge in [0.25, 0.3) is 0 Å². The first kappa shape index (κ1) is 25.8. The van der Waals surface area contributed by atoms with Gasteiger partial charge in [-0.1, -0.05) is 52.4 Å². The number of carbonyl (C=O) groups excluding carboxylic acids is 2. The van der Waals surface area contributed by atoms with Crippen molar-refractivity contribution < 1.29 is 14.3 Å². The third kappa shape index (κ3) is 8.53. The smallest absolute Gasteiger partial charge is 0.305 e. The van der Waals surface area contributed by atoms with Crippen molar-refractivity contribution >= 4 is 34.4 Å². The van der Waals surface area contributed by atoms with Gasteiger partial charge < -0.3 is 4.74 Å². The molecule has 0 bridgehead atoms. The Hall–Kier alpha value is -1.46. The van der Waals surface area contributed by atoms with Crippen LogP contribution in [0.3, 0.4) is 0 Å². The van der Waals surface area contributed by atoms with E-state index in [4.69, 9.17) is 0 Å². The van der Waals surface area contributed by atoms with E-state index in [0.29, 0.717) is 19.3 Å². The highest BCUT2D eigenvalue weighted by molar-refractivity contribution is 7.22. The molecule has 0 fully saturated rings. The SMILES string of the molecule is CCCCCCc1ccsc1-c1sc(C(=O)CCCC(=O)OC)cc1CCCCCC. The zero-order valence-corrected chi connectivity index (χ0v) is 21.1. The predicted molar refractivity (Wildman–Crippen MR) is 134 cm³/mol. The fourth-order valence-corrected chi connectivity index (χ4v) is 6.13. The molecule has 172 valence electrons. The normalized spacial score (nSPS) is 11.1. The largest absolute Gasteiger partial charge is 0.469 e. The third-order valence-electron chi connectivity index (χ3n) is 5.65. The Morgan fingerprint density at radius 3 is 2.16 bits per heavy atom. The zero-order chi connectivity index (χ0) is 22.5. The van der Waals surface area contributed by atoms with Crippen molar-refractivity contribution in [3.63, 3.8) is 0 Å². The van der Waals surface area contributed by atoms with E-state index >= 15 is 0 Å². The topological polar surface area (TPSA) is 43.4 Å². The monoisotopic (exact) mass is 462 g/mol. The van der Waals surface area contributed by atoms with Crippen LogP contribution >= 0.6 is 22.7 Å². The Bertz CT molecular complexity index is 803. The lowest BCUT2D eigenvalue weighted by Gasteiger charge is -2.06. The second-order valence-electron chi connectivity index (χ2n) is 8.21. The molecule has 0 saturated carbocycles. The highest BCUT2D eigenvalue weighted by atomic mass is 32.1. The van der Waals surface area contributed by atoms with Gasteiger partial charge in [0.15, 0.2) is 5.78 Å². The average Bonchev–Trinajstić information content (AvgIpc) is 3.40. The summed E-state index contributed by atoms with van der Waals surface area (Å²) >= 11 is 3.47. The summed E-state index contributed by atoms with van der Waals surface area (Å²) in [6.07, 6.45) is 13.4. The van der Waals surface area contributed by atoms with Gasteiger partial charge >= 0.3 is 5.97 Å². The number of thiophene rings is 2. The van der Waals surface area contributed by atoms with E-state index in [1.54, 1.807) is 11.3 Å². The van der Waals surface area contributed by atoms with Crippen LogP contribution in [0.15, 0.2) is 17.5 Å². The van der Waals surface area contributed by atoms with Crippen molar-refractivity contribution in [1.29, 1.82) is 0 Å². The molecule has 3 nitrogen and oxygen atoms in total. The van der Waals surface area contributed by atoms with Gasteiger partial charge in [0.1, 0.15) is 0 Å². The van der Waals surface area contributed by atoms with Gasteiger partial charge in [-0.05, 0) is 60.7 Å². The Morgan fingerprint density at radius 2 is 1.52 bits per heavy atom. The first-order chi connectivity index (χ1) is 15.1. The van der Waals surface area contributed by atoms with Crippen LogP contribution in [0.2, 0.25) is 0 Å². The van der Waals surface area contributed by atoms with Crippen molar-refractivity contribution in [3.05, 3.63) is 33.5 Å². The van der Waals surface area contributed by atoms with Crippen LogP contribution in [0.1, 0.15) is 105 Å². The highest BCUT2D eigenvalue weighted by Gasteiger charge is 2.19. The number of ether oxygens (including phenoxy) is 1. The van der Waals surface area contributed by atoms with Gasteiger partial charge in [-0.2, -0.15) is 0 Å². The van der Waals surface area contributed by atoms with Gasteiger partial charge in [-0.25, -0.2) is 0 Å². The molecule has 5 heteroatoms. The van der Waals surface area contributed by atoms with E-state index in [-0.39, 0.29) is 11.8 Å². The zero-order valence-electron chi connectivity index (χ0n) is 19.5. The molecule has 0 unspecified atom stereocenters. The number of hydrogen-bond acceptors (Lipinski definition) is 5. The second-order valence-corrected chi connectivity index (χ2v) is 10.2. The Kier molecular flexibility index (Phi) is 12.1. The summed E-state index contributed by atoms with van der Waals surface area (Å²) in [4.78, 5) is 27.7. The maximum Gasteiger partial charge on any atom is 0.305 e. The molecular weight excluding hydrogens is 424 g/mol. The predicted octanol–water partition coefficient (Wildman–Crippen LogP) is 8.25. The quantitative estimate of drug-likeness (QED) is 0.143. The lowest BCUT2D eigenvalue weighted by atomic mass is 10.0. The number of ketones is 1. The highest BCUT2D eigenvalue weighted by Crippen LogP contribution is 2.40. The number of esters is 1. The van der Waals surface area contributed by atoms with Gasteiger partial charge in [-0.15, -0.1) is 22.7 Å². The second kappa shape index (κ2) is 14.6. The molecule has 2 rings (SSSR count). The van der Waals surface area contributed by atoms with Gasteiger partial charge in [0.2, 0.25) is 0 Å². The Labute approximate surface area is 196 Å². The summed E-state index contributed by atoms with van der Waals surface area (Å²) in [5.74, 6) is -0.0985. The number of Topliss-reactive ketones (excluding diaryl/α,β-unsaturated/α-hetero) is 1. The standard InChI is InChI=1S/C26H38O3S2/c1-4-6-8-10-13-20-17-18-30-25(20)26-21(14-11-9-7-5-2)19-23(31-26)22(27)15-12-16-24(28)29-3/h17-19H,4-16H2,1-3H3. The summed E-state index contributed by atoms with van der Waals surface area (Å²) in [5, 5.41) is 2.20. The fourth-order valence-electron chi connectivity index (χ4n) is 3.78. The summed E-state index contributed by atoms with van der Waals surface area (Å²) in [5.41, 5.74) is 2.76. The number of unbranched alkanes of at least 4 members (excludes halogenated alkanes) is 6. The van der Waals surface area contributed by atoms with E-state index < -0.39 is 0 Å². The first-order valence-electron chi connectivity index (χ1n) is 11.9. The number of methoxy groups -OCH3 is 1. The summed E-state index contributed by atoms with van der Waals surface area (Å²) in [7, 11) is 1.39. The van der Waals surface area contributed by atoms with Gasteiger partial charge in [0.05, 0.1) is 12.0 Å². The minimum atomic E-state index is -0.248. The molecule has 0 N–H and O–H groups in total. The van der Waals surface area contributed by atoms with E-state index in [1.807, 2.05) is 11.3 Å². The van der Waals surface area contributed by atoms with Crippen molar-refractivity contribution in [2.75, 3.05) is 7.11 Å². The minimum Gasteiger partial charge on any atom is -0.469 e. The van der Waals surface area contributed by atoms with Crippen LogP contribution in [0.5, 0.6) is 0 Å². The molecular formula is C26H38O3S2. The van der Waals surface area contributed by atoms with Crippen LogP contribution in [-0.4, -0.2) is 18.9 Å².